The van der Waals surface area contributed by atoms with Crippen molar-refractivity contribution < 1.29 is 9.47 Å². The van der Waals surface area contributed by atoms with Gasteiger partial charge in [0, 0.05) is 23.3 Å². The second-order valence-electron chi connectivity index (χ2n) is 5.95. The van der Waals surface area contributed by atoms with Crippen LogP contribution in [0.3, 0.4) is 0 Å². The molecule has 1 aromatic heterocycles. The largest absolute Gasteiger partial charge is 0.486 e. The summed E-state index contributed by atoms with van der Waals surface area (Å²) in [5.74, 6) is 2.49. The molecular formula is C19H18ClN5O2. The van der Waals surface area contributed by atoms with Crippen molar-refractivity contribution in [1.29, 1.82) is 0 Å². The Labute approximate surface area is 161 Å². The Balaban J connectivity index is 1.49. The van der Waals surface area contributed by atoms with E-state index in [1.54, 1.807) is 0 Å². The van der Waals surface area contributed by atoms with Crippen LogP contribution >= 0.6 is 11.6 Å². The lowest BCUT2D eigenvalue weighted by molar-refractivity contribution is 0.171. The van der Waals surface area contributed by atoms with Crippen LogP contribution in [0.25, 0.3) is 0 Å². The van der Waals surface area contributed by atoms with Crippen molar-refractivity contribution in [2.75, 3.05) is 29.6 Å². The van der Waals surface area contributed by atoms with E-state index >= 15 is 0 Å². The summed E-state index contributed by atoms with van der Waals surface area (Å²) in [6.07, 6.45) is 1.46. The Bertz CT molecular complexity index is 949. The molecule has 0 saturated heterocycles. The molecule has 0 saturated carbocycles. The molecule has 4 N–H and O–H groups in total. The van der Waals surface area contributed by atoms with Gasteiger partial charge in [-0.2, -0.15) is 0 Å². The van der Waals surface area contributed by atoms with Crippen molar-refractivity contribution >= 4 is 34.6 Å². The molecule has 27 heavy (non-hydrogen) atoms. The van der Waals surface area contributed by atoms with Gasteiger partial charge in [-0.1, -0.05) is 23.7 Å². The van der Waals surface area contributed by atoms with Crippen LogP contribution in [0.15, 0.2) is 48.8 Å². The molecule has 7 nitrogen and oxygen atoms in total. The minimum Gasteiger partial charge on any atom is -0.486 e. The zero-order valence-corrected chi connectivity index (χ0v) is 15.2. The van der Waals surface area contributed by atoms with E-state index in [0.717, 1.165) is 17.0 Å². The van der Waals surface area contributed by atoms with E-state index in [9.17, 15) is 0 Å². The molecule has 0 fully saturated rings. The van der Waals surface area contributed by atoms with Crippen LogP contribution in [0.4, 0.5) is 23.0 Å². The number of anilines is 4. The maximum Gasteiger partial charge on any atom is 0.163 e. The molecule has 4 rings (SSSR count). The zero-order chi connectivity index (χ0) is 18.6. The second kappa shape index (κ2) is 7.59. The topological polar surface area (TPSA) is 94.3 Å². The number of ether oxygens (including phenoxy) is 2. The van der Waals surface area contributed by atoms with E-state index in [4.69, 9.17) is 26.8 Å². The van der Waals surface area contributed by atoms with E-state index in [1.807, 2.05) is 42.5 Å². The molecule has 0 spiro atoms. The van der Waals surface area contributed by atoms with Gasteiger partial charge in [-0.15, -0.1) is 0 Å². The van der Waals surface area contributed by atoms with Gasteiger partial charge < -0.3 is 25.8 Å². The van der Waals surface area contributed by atoms with Gasteiger partial charge in [0.2, 0.25) is 0 Å². The van der Waals surface area contributed by atoms with Crippen LogP contribution in [0, 0.1) is 0 Å². The number of fused-ring (bicyclic) bond motifs is 1. The summed E-state index contributed by atoms with van der Waals surface area (Å²) in [4.78, 5) is 8.46. The van der Waals surface area contributed by atoms with Gasteiger partial charge in [-0.3, -0.25) is 0 Å². The first-order chi connectivity index (χ1) is 13.2. The first kappa shape index (κ1) is 17.2. The number of aromatic nitrogens is 2. The SMILES string of the molecule is Nc1c(NCc2ccc(Cl)cc2)ncnc1Nc1ccc2c(c1)OCCO2. The Morgan fingerprint density at radius 3 is 2.52 bits per heavy atom. The Hall–Kier alpha value is -3.19. The summed E-state index contributed by atoms with van der Waals surface area (Å²) in [5.41, 5.74) is 8.53. The fraction of sp³-hybridized carbons (Fsp3) is 0.158. The summed E-state index contributed by atoms with van der Waals surface area (Å²) in [6.45, 7) is 1.66. The predicted octanol–water partition coefficient (Wildman–Crippen LogP) is 3.84. The molecule has 3 aromatic rings. The van der Waals surface area contributed by atoms with Crippen molar-refractivity contribution in [2.24, 2.45) is 0 Å². The number of hydrogen-bond donors (Lipinski definition) is 3. The van der Waals surface area contributed by atoms with Gasteiger partial charge in [0.1, 0.15) is 25.2 Å². The van der Waals surface area contributed by atoms with E-state index in [2.05, 4.69) is 20.6 Å². The Kier molecular flexibility index (Phi) is 4.84. The van der Waals surface area contributed by atoms with Crippen molar-refractivity contribution in [1.82, 2.24) is 9.97 Å². The van der Waals surface area contributed by atoms with Crippen LogP contribution in [-0.2, 0) is 6.54 Å². The van der Waals surface area contributed by atoms with Gasteiger partial charge in [-0.05, 0) is 29.8 Å². The fourth-order valence-corrected chi connectivity index (χ4v) is 2.81. The molecule has 0 bridgehead atoms. The number of halogens is 1. The number of hydrogen-bond acceptors (Lipinski definition) is 7. The van der Waals surface area contributed by atoms with Crippen molar-refractivity contribution in [3.8, 4) is 11.5 Å². The standard InChI is InChI=1S/C19H18ClN5O2/c20-13-3-1-12(2-4-13)10-22-18-17(21)19(24-11-23-18)25-14-5-6-15-16(9-14)27-8-7-26-15/h1-6,9,11H,7-8,10,21H2,(H2,22,23,24,25). The molecule has 138 valence electrons. The van der Waals surface area contributed by atoms with Gasteiger partial charge in [0.25, 0.3) is 0 Å². The lowest BCUT2D eigenvalue weighted by Crippen LogP contribution is -2.15. The van der Waals surface area contributed by atoms with E-state index in [-0.39, 0.29) is 0 Å². The third-order valence-corrected chi connectivity index (χ3v) is 4.31. The Morgan fingerprint density at radius 1 is 0.963 bits per heavy atom. The highest BCUT2D eigenvalue weighted by Crippen LogP contribution is 2.34. The molecule has 0 aliphatic carbocycles. The number of nitrogens with one attached hydrogen (secondary N) is 2. The third-order valence-electron chi connectivity index (χ3n) is 4.06. The molecule has 2 aromatic carbocycles. The molecule has 1 aliphatic rings. The smallest absolute Gasteiger partial charge is 0.163 e. The number of nitrogens with zero attached hydrogens (tertiary/aromatic N) is 2. The average molecular weight is 384 g/mol. The molecule has 8 heteroatoms. The monoisotopic (exact) mass is 383 g/mol. The summed E-state index contributed by atoms with van der Waals surface area (Å²) >= 11 is 5.91. The first-order valence-electron chi connectivity index (χ1n) is 8.44. The van der Waals surface area contributed by atoms with E-state index in [0.29, 0.717) is 47.9 Å². The molecule has 1 aliphatic heterocycles. The zero-order valence-electron chi connectivity index (χ0n) is 14.4. The molecule has 0 unspecified atom stereocenters. The fourth-order valence-electron chi connectivity index (χ4n) is 2.68. The minimum absolute atomic E-state index is 0.432. The van der Waals surface area contributed by atoms with Crippen LogP contribution in [0.5, 0.6) is 11.5 Å². The highest BCUT2D eigenvalue weighted by molar-refractivity contribution is 6.30. The predicted molar refractivity (Wildman–Crippen MR) is 106 cm³/mol. The molecule has 0 atom stereocenters. The number of nitrogen functional groups attached to an aromatic ring is 1. The Morgan fingerprint density at radius 2 is 1.70 bits per heavy atom. The van der Waals surface area contributed by atoms with Gasteiger partial charge in [-0.25, -0.2) is 9.97 Å². The summed E-state index contributed by atoms with van der Waals surface area (Å²) in [6, 6.07) is 13.2. The van der Waals surface area contributed by atoms with Crippen LogP contribution in [0.1, 0.15) is 5.56 Å². The molecule has 0 amide bonds. The van der Waals surface area contributed by atoms with Crippen LogP contribution < -0.4 is 25.8 Å². The maximum absolute atomic E-state index is 6.23. The number of benzene rings is 2. The van der Waals surface area contributed by atoms with Crippen LogP contribution in [0.2, 0.25) is 5.02 Å². The number of nitrogens with two attached hydrogens (primary N) is 1. The molecular weight excluding hydrogens is 366 g/mol. The lowest BCUT2D eigenvalue weighted by Gasteiger charge is -2.19. The first-order valence-corrected chi connectivity index (χ1v) is 8.82. The second-order valence-corrected chi connectivity index (χ2v) is 6.38. The summed E-state index contributed by atoms with van der Waals surface area (Å²) < 4.78 is 11.1. The van der Waals surface area contributed by atoms with Crippen molar-refractivity contribution in [2.45, 2.75) is 6.54 Å². The summed E-state index contributed by atoms with van der Waals surface area (Å²) in [7, 11) is 0. The summed E-state index contributed by atoms with van der Waals surface area (Å²) in [5, 5.41) is 7.12. The van der Waals surface area contributed by atoms with Gasteiger partial charge in [0.15, 0.2) is 23.1 Å². The lowest BCUT2D eigenvalue weighted by atomic mass is 10.2. The van der Waals surface area contributed by atoms with Crippen molar-refractivity contribution in [3.05, 3.63) is 59.4 Å². The molecule has 2 heterocycles. The quantitative estimate of drug-likeness (QED) is 0.616. The van der Waals surface area contributed by atoms with E-state index < -0.39 is 0 Å². The highest BCUT2D eigenvalue weighted by atomic mass is 35.5. The van der Waals surface area contributed by atoms with E-state index in [1.165, 1.54) is 6.33 Å². The highest BCUT2D eigenvalue weighted by Gasteiger charge is 2.13. The minimum atomic E-state index is 0.432. The maximum atomic E-state index is 6.23. The van der Waals surface area contributed by atoms with Crippen molar-refractivity contribution in [3.63, 3.8) is 0 Å². The normalized spacial score (nSPS) is 12.5. The van der Waals surface area contributed by atoms with Crippen LogP contribution in [-0.4, -0.2) is 23.2 Å². The average Bonchev–Trinajstić information content (AvgIpc) is 2.70. The van der Waals surface area contributed by atoms with Gasteiger partial charge >= 0.3 is 0 Å². The number of rotatable bonds is 5. The third kappa shape index (κ3) is 3.98. The molecule has 0 radical (unpaired) electrons. The van der Waals surface area contributed by atoms with Gasteiger partial charge in [0.05, 0.1) is 0 Å².